The van der Waals surface area contributed by atoms with E-state index in [0.717, 1.165) is 55.7 Å². The van der Waals surface area contributed by atoms with E-state index in [1.54, 1.807) is 29.1 Å². The second-order valence-corrected chi connectivity index (χ2v) is 9.55. The first-order valence-electron chi connectivity index (χ1n) is 11.7. The maximum Gasteiger partial charge on any atom is 0.416 e. The van der Waals surface area contributed by atoms with Crippen molar-refractivity contribution in [2.75, 3.05) is 19.6 Å². The lowest BCUT2D eigenvalue weighted by Crippen LogP contribution is -2.28. The summed E-state index contributed by atoms with van der Waals surface area (Å²) in [7, 11) is 0. The van der Waals surface area contributed by atoms with Gasteiger partial charge in [0.15, 0.2) is 0 Å². The van der Waals surface area contributed by atoms with Gasteiger partial charge in [0.2, 0.25) is 0 Å². The number of aryl methyl sites for hydroxylation is 2. The molecule has 3 heterocycles. The maximum absolute atomic E-state index is 12.9. The lowest BCUT2D eigenvalue weighted by molar-refractivity contribution is -0.137. The van der Waals surface area contributed by atoms with Crippen LogP contribution >= 0.6 is 0 Å². The number of nitrogens with zero attached hydrogens (tertiary/aromatic N) is 4. The highest BCUT2D eigenvalue weighted by atomic mass is 19.4. The molecule has 5 rings (SSSR count). The van der Waals surface area contributed by atoms with Crippen LogP contribution < -0.4 is 5.69 Å². The minimum absolute atomic E-state index is 0.0200. The summed E-state index contributed by atoms with van der Waals surface area (Å²) >= 11 is 0. The monoisotopic (exact) mass is 468 g/mol. The van der Waals surface area contributed by atoms with E-state index < -0.39 is 11.7 Å². The third-order valence-electron chi connectivity index (χ3n) is 7.19. The number of fused-ring (bicyclic) bond motifs is 1. The Balaban J connectivity index is 1.12. The molecule has 8 heteroatoms. The van der Waals surface area contributed by atoms with E-state index in [0.29, 0.717) is 18.2 Å². The van der Waals surface area contributed by atoms with E-state index in [4.69, 9.17) is 0 Å². The van der Waals surface area contributed by atoms with Crippen molar-refractivity contribution in [3.05, 3.63) is 82.2 Å². The van der Waals surface area contributed by atoms with Crippen molar-refractivity contribution in [2.45, 2.75) is 44.3 Å². The van der Waals surface area contributed by atoms with E-state index in [1.165, 1.54) is 12.1 Å². The first-order chi connectivity index (χ1) is 16.2. The van der Waals surface area contributed by atoms with Crippen LogP contribution in [0.25, 0.3) is 11.3 Å². The molecule has 2 fully saturated rings. The first-order valence-corrected chi connectivity index (χ1v) is 11.7. The van der Waals surface area contributed by atoms with Gasteiger partial charge in [-0.05, 0) is 74.5 Å². The quantitative estimate of drug-likeness (QED) is 0.473. The van der Waals surface area contributed by atoms with Crippen LogP contribution in [0.1, 0.15) is 36.1 Å². The number of rotatable bonds is 7. The molecule has 1 saturated carbocycles. The molecule has 34 heavy (non-hydrogen) atoms. The number of unbranched alkanes of at least 4 members (excludes halogenated alkanes) is 1. The molecular formula is C26H27F3N4O. The zero-order valence-corrected chi connectivity index (χ0v) is 19.1. The SMILES string of the molecule is Cc1cc(-c2ccn(CCCCN3CC4C[C@]4(c4ccc(C(F)(F)F)cc4)C3)c(=O)n2)ccn1. The summed E-state index contributed by atoms with van der Waals surface area (Å²) in [6.45, 7) is 5.32. The Morgan fingerprint density at radius 1 is 1.09 bits per heavy atom. The smallest absolute Gasteiger partial charge is 0.302 e. The van der Waals surface area contributed by atoms with E-state index >= 15 is 0 Å². The lowest BCUT2D eigenvalue weighted by atomic mass is 9.94. The predicted molar refractivity (Wildman–Crippen MR) is 123 cm³/mol. The van der Waals surface area contributed by atoms with Crippen molar-refractivity contribution in [3.63, 3.8) is 0 Å². The Hall–Kier alpha value is -3.00. The van der Waals surface area contributed by atoms with Crippen LogP contribution in [0.3, 0.4) is 0 Å². The molecule has 0 amide bonds. The van der Waals surface area contributed by atoms with Gasteiger partial charge in [-0.3, -0.25) is 9.55 Å². The minimum atomic E-state index is -4.29. The number of likely N-dealkylation sites (tertiary alicyclic amines) is 1. The van der Waals surface area contributed by atoms with Gasteiger partial charge in [0.05, 0.1) is 11.3 Å². The van der Waals surface area contributed by atoms with E-state index in [-0.39, 0.29) is 11.1 Å². The van der Waals surface area contributed by atoms with Gasteiger partial charge in [-0.1, -0.05) is 12.1 Å². The molecule has 5 nitrogen and oxygen atoms in total. The minimum Gasteiger partial charge on any atom is -0.302 e. The summed E-state index contributed by atoms with van der Waals surface area (Å²) in [4.78, 5) is 23.2. The van der Waals surface area contributed by atoms with Gasteiger partial charge in [-0.25, -0.2) is 4.79 Å². The van der Waals surface area contributed by atoms with Gasteiger partial charge in [0, 0.05) is 48.7 Å². The molecule has 0 N–H and O–H groups in total. The van der Waals surface area contributed by atoms with Crippen molar-refractivity contribution in [3.8, 4) is 11.3 Å². The van der Waals surface area contributed by atoms with Crippen LogP contribution in [0.4, 0.5) is 13.2 Å². The van der Waals surface area contributed by atoms with Crippen molar-refractivity contribution in [2.24, 2.45) is 5.92 Å². The van der Waals surface area contributed by atoms with Gasteiger partial charge in [-0.2, -0.15) is 18.2 Å². The number of pyridine rings is 1. The molecule has 178 valence electrons. The average Bonchev–Trinajstić information content (AvgIpc) is 3.38. The summed E-state index contributed by atoms with van der Waals surface area (Å²) < 4.78 is 40.2. The number of piperidine rings is 1. The van der Waals surface area contributed by atoms with Crippen LogP contribution in [0.15, 0.2) is 59.7 Å². The Labute approximate surface area is 196 Å². The molecular weight excluding hydrogens is 441 g/mol. The number of aromatic nitrogens is 3. The number of halogens is 3. The third kappa shape index (κ3) is 4.51. The maximum atomic E-state index is 12.9. The fourth-order valence-electron chi connectivity index (χ4n) is 5.28. The molecule has 2 atom stereocenters. The Kier molecular flexibility index (Phi) is 5.80. The molecule has 0 spiro atoms. The highest BCUT2D eigenvalue weighted by Crippen LogP contribution is 2.59. The highest BCUT2D eigenvalue weighted by Gasteiger charge is 2.60. The standard InChI is InChI=1S/C26H27F3N4O/c1-18-14-19(8-10-30-18)23-9-13-33(24(34)31-23)12-3-2-11-32-16-22-15-25(22,17-32)20-4-6-21(7-5-20)26(27,28)29/h4-10,13-14,22H,2-3,11-12,15-17H2,1H3/t22?,25-/m1/s1. The van der Waals surface area contributed by atoms with Crippen LogP contribution in [-0.4, -0.2) is 39.1 Å². The van der Waals surface area contributed by atoms with Gasteiger partial charge in [-0.15, -0.1) is 0 Å². The van der Waals surface area contributed by atoms with Gasteiger partial charge in [0.1, 0.15) is 0 Å². The Morgan fingerprint density at radius 2 is 1.85 bits per heavy atom. The number of benzene rings is 1. The van der Waals surface area contributed by atoms with Crippen molar-refractivity contribution < 1.29 is 13.2 Å². The second kappa shape index (κ2) is 8.65. The van der Waals surface area contributed by atoms with Crippen LogP contribution in [0.5, 0.6) is 0 Å². The largest absolute Gasteiger partial charge is 0.416 e. The molecule has 1 unspecified atom stereocenters. The zero-order valence-electron chi connectivity index (χ0n) is 19.1. The fraction of sp³-hybridized carbons (Fsp3) is 0.423. The van der Waals surface area contributed by atoms with Gasteiger partial charge >= 0.3 is 11.9 Å². The number of hydrogen-bond donors (Lipinski definition) is 0. The van der Waals surface area contributed by atoms with Crippen molar-refractivity contribution in [1.82, 2.24) is 19.4 Å². The zero-order chi connectivity index (χ0) is 23.9. The number of hydrogen-bond acceptors (Lipinski definition) is 4. The van der Waals surface area contributed by atoms with Gasteiger partial charge in [0.25, 0.3) is 0 Å². The molecule has 2 aliphatic rings. The summed E-state index contributed by atoms with van der Waals surface area (Å²) in [5.41, 5.74) is 2.61. The molecule has 1 aliphatic heterocycles. The topological polar surface area (TPSA) is 51.0 Å². The Morgan fingerprint density at radius 3 is 2.56 bits per heavy atom. The summed E-state index contributed by atoms with van der Waals surface area (Å²) in [6.07, 6.45) is 2.08. The third-order valence-corrected chi connectivity index (χ3v) is 7.19. The summed E-state index contributed by atoms with van der Waals surface area (Å²) in [6, 6.07) is 11.3. The van der Waals surface area contributed by atoms with E-state index in [9.17, 15) is 18.0 Å². The van der Waals surface area contributed by atoms with Gasteiger partial charge < -0.3 is 4.90 Å². The molecule has 0 bridgehead atoms. The second-order valence-electron chi connectivity index (χ2n) is 9.55. The van der Waals surface area contributed by atoms with Crippen LogP contribution in [0, 0.1) is 12.8 Å². The molecule has 1 aromatic carbocycles. The van der Waals surface area contributed by atoms with Crippen LogP contribution in [-0.2, 0) is 18.1 Å². The van der Waals surface area contributed by atoms with E-state index in [2.05, 4.69) is 14.9 Å². The number of alkyl halides is 3. The highest BCUT2D eigenvalue weighted by molar-refractivity contribution is 5.58. The lowest BCUT2D eigenvalue weighted by Gasteiger charge is -2.21. The first kappa shape index (κ1) is 22.8. The molecule has 2 aromatic heterocycles. The van der Waals surface area contributed by atoms with Crippen molar-refractivity contribution >= 4 is 0 Å². The molecule has 0 radical (unpaired) electrons. The summed E-state index contributed by atoms with van der Waals surface area (Å²) in [5, 5.41) is 0. The fourth-order valence-corrected chi connectivity index (χ4v) is 5.28. The van der Waals surface area contributed by atoms with Crippen LogP contribution in [0.2, 0.25) is 0 Å². The molecule has 3 aromatic rings. The van der Waals surface area contributed by atoms with Crippen molar-refractivity contribution in [1.29, 1.82) is 0 Å². The molecule has 1 aliphatic carbocycles. The average molecular weight is 469 g/mol. The molecule has 1 saturated heterocycles. The van der Waals surface area contributed by atoms with E-state index in [1.807, 2.05) is 25.1 Å². The summed E-state index contributed by atoms with van der Waals surface area (Å²) in [5.74, 6) is 0.528. The Bertz CT molecular complexity index is 1240. The predicted octanol–water partition coefficient (Wildman–Crippen LogP) is 4.69. The normalized spacial score (nSPS) is 22.1.